The van der Waals surface area contributed by atoms with Crippen LogP contribution in [0.3, 0.4) is 0 Å². The number of hydrogen-bond acceptors (Lipinski definition) is 5. The van der Waals surface area contributed by atoms with Crippen molar-refractivity contribution in [1.82, 2.24) is 14.8 Å². The largest absolute Gasteiger partial charge is 0.460 e. The van der Waals surface area contributed by atoms with Crippen molar-refractivity contribution in [1.29, 1.82) is 0 Å². The van der Waals surface area contributed by atoms with E-state index in [1.165, 1.54) is 17.4 Å². The molecule has 3 aromatic rings. The molecule has 22 heavy (non-hydrogen) atoms. The van der Waals surface area contributed by atoms with E-state index in [4.69, 9.17) is 4.42 Å². The number of nitrogens with one attached hydrogen (secondary N) is 1. The molecule has 0 saturated carbocycles. The topological polar surface area (TPSA) is 73.0 Å². The lowest BCUT2D eigenvalue weighted by molar-refractivity contribution is -0.111. The molecule has 3 heterocycles. The van der Waals surface area contributed by atoms with Gasteiger partial charge in [-0.25, -0.2) is 4.98 Å². The first-order valence-corrected chi connectivity index (χ1v) is 7.48. The highest BCUT2D eigenvalue weighted by molar-refractivity contribution is 7.14. The highest BCUT2D eigenvalue weighted by Crippen LogP contribution is 2.26. The number of aromatic nitrogens is 3. The number of aryl methyl sites for hydroxylation is 2. The molecule has 112 valence electrons. The van der Waals surface area contributed by atoms with Crippen LogP contribution >= 0.6 is 11.3 Å². The van der Waals surface area contributed by atoms with Gasteiger partial charge < -0.3 is 4.42 Å². The lowest BCUT2D eigenvalue weighted by Gasteiger charge is -1.95. The Morgan fingerprint density at radius 3 is 3.00 bits per heavy atom. The van der Waals surface area contributed by atoms with Crippen LogP contribution < -0.4 is 5.32 Å². The van der Waals surface area contributed by atoms with Gasteiger partial charge in [-0.3, -0.25) is 14.8 Å². The molecule has 0 atom stereocenters. The Bertz CT molecular complexity index is 828. The Morgan fingerprint density at radius 1 is 1.45 bits per heavy atom. The monoisotopic (exact) mass is 314 g/mol. The van der Waals surface area contributed by atoms with Crippen LogP contribution in [-0.2, 0) is 11.8 Å². The summed E-state index contributed by atoms with van der Waals surface area (Å²) in [6, 6.07) is 3.74. The molecule has 0 radical (unpaired) electrons. The summed E-state index contributed by atoms with van der Waals surface area (Å²) in [7, 11) is 1.82. The molecular weight excluding hydrogens is 300 g/mol. The molecular formula is C15H14N4O2S. The number of hydrogen-bond donors (Lipinski definition) is 1. The van der Waals surface area contributed by atoms with Crippen molar-refractivity contribution in [2.24, 2.45) is 7.05 Å². The van der Waals surface area contributed by atoms with Crippen LogP contribution in [0.25, 0.3) is 17.5 Å². The Kier molecular flexibility index (Phi) is 3.88. The Hall–Kier alpha value is -2.67. The number of thiazole rings is 1. The Morgan fingerprint density at radius 2 is 2.32 bits per heavy atom. The average molecular weight is 314 g/mol. The maximum absolute atomic E-state index is 11.9. The maximum atomic E-state index is 11.9. The van der Waals surface area contributed by atoms with Crippen molar-refractivity contribution in [3.05, 3.63) is 47.3 Å². The minimum Gasteiger partial charge on any atom is -0.460 e. The molecule has 0 aliphatic rings. The highest BCUT2D eigenvalue weighted by Gasteiger charge is 2.09. The second-order valence-electron chi connectivity index (χ2n) is 4.72. The van der Waals surface area contributed by atoms with E-state index in [-0.39, 0.29) is 5.91 Å². The van der Waals surface area contributed by atoms with E-state index >= 15 is 0 Å². The number of anilines is 1. The van der Waals surface area contributed by atoms with Crippen molar-refractivity contribution >= 4 is 28.5 Å². The third-order valence-corrected chi connectivity index (χ3v) is 3.64. The first kappa shape index (κ1) is 14.3. The van der Waals surface area contributed by atoms with E-state index in [9.17, 15) is 4.79 Å². The summed E-state index contributed by atoms with van der Waals surface area (Å²) in [5.41, 5.74) is 1.58. The number of furan rings is 1. The highest BCUT2D eigenvalue weighted by atomic mass is 32.1. The van der Waals surface area contributed by atoms with Crippen molar-refractivity contribution in [2.45, 2.75) is 6.92 Å². The molecule has 1 N–H and O–H groups in total. The first-order valence-electron chi connectivity index (χ1n) is 6.60. The summed E-state index contributed by atoms with van der Waals surface area (Å²) < 4.78 is 7.18. The SMILES string of the molecule is Cc1ccc(-c2csc(NC(=O)/C=C/c3cnn(C)c3)n2)o1. The molecule has 1 amide bonds. The van der Waals surface area contributed by atoms with E-state index in [0.29, 0.717) is 16.6 Å². The summed E-state index contributed by atoms with van der Waals surface area (Å²) >= 11 is 1.35. The number of amides is 1. The smallest absolute Gasteiger partial charge is 0.250 e. The number of rotatable bonds is 4. The summed E-state index contributed by atoms with van der Waals surface area (Å²) in [5, 5.41) is 9.14. The standard InChI is InChI=1S/C15H14N4O2S/c1-10-3-5-13(21-10)12-9-22-15(17-12)18-14(20)6-4-11-7-16-19(2)8-11/h3-9H,1-2H3,(H,17,18,20)/b6-4+. The Labute approximate surface area is 131 Å². The predicted molar refractivity (Wildman–Crippen MR) is 85.4 cm³/mol. The van der Waals surface area contributed by atoms with Gasteiger partial charge in [0.1, 0.15) is 11.5 Å². The van der Waals surface area contributed by atoms with Crippen LogP contribution in [0.2, 0.25) is 0 Å². The summed E-state index contributed by atoms with van der Waals surface area (Å²) in [6.45, 7) is 1.88. The molecule has 6 nitrogen and oxygen atoms in total. The predicted octanol–water partition coefficient (Wildman–Crippen LogP) is 3.10. The van der Waals surface area contributed by atoms with E-state index in [1.807, 2.05) is 37.7 Å². The zero-order valence-corrected chi connectivity index (χ0v) is 12.9. The van der Waals surface area contributed by atoms with Crippen LogP contribution in [0.15, 0.2) is 40.4 Å². The zero-order chi connectivity index (χ0) is 15.5. The van der Waals surface area contributed by atoms with E-state index < -0.39 is 0 Å². The van der Waals surface area contributed by atoms with Crippen LogP contribution in [0, 0.1) is 6.92 Å². The van der Waals surface area contributed by atoms with Crippen molar-refractivity contribution in [3.8, 4) is 11.5 Å². The van der Waals surface area contributed by atoms with E-state index in [2.05, 4.69) is 15.4 Å². The molecule has 0 fully saturated rings. The van der Waals surface area contributed by atoms with Gasteiger partial charge in [0.05, 0.1) is 6.20 Å². The molecule has 7 heteroatoms. The lowest BCUT2D eigenvalue weighted by Crippen LogP contribution is -2.07. The van der Waals surface area contributed by atoms with Gasteiger partial charge in [-0.1, -0.05) is 0 Å². The zero-order valence-electron chi connectivity index (χ0n) is 12.1. The minimum atomic E-state index is -0.236. The average Bonchev–Trinajstić information content (AvgIpc) is 3.18. The van der Waals surface area contributed by atoms with Crippen LogP contribution in [0.1, 0.15) is 11.3 Å². The first-order chi connectivity index (χ1) is 10.6. The van der Waals surface area contributed by atoms with Gasteiger partial charge >= 0.3 is 0 Å². The second kappa shape index (κ2) is 5.98. The van der Waals surface area contributed by atoms with Crippen LogP contribution in [0.4, 0.5) is 5.13 Å². The van der Waals surface area contributed by atoms with Gasteiger partial charge in [0.15, 0.2) is 10.9 Å². The van der Waals surface area contributed by atoms with Gasteiger partial charge in [0.2, 0.25) is 5.91 Å². The second-order valence-corrected chi connectivity index (χ2v) is 5.58. The van der Waals surface area contributed by atoms with Crippen molar-refractivity contribution in [3.63, 3.8) is 0 Å². The summed E-state index contributed by atoms with van der Waals surface area (Å²) in [6.07, 6.45) is 6.66. The Balaban J connectivity index is 1.64. The molecule has 0 bridgehead atoms. The van der Waals surface area contributed by atoms with Crippen LogP contribution in [-0.4, -0.2) is 20.7 Å². The summed E-state index contributed by atoms with van der Waals surface area (Å²) in [5.74, 6) is 1.29. The molecule has 0 unspecified atom stereocenters. The van der Waals surface area contributed by atoms with Gasteiger partial charge in [-0.2, -0.15) is 5.10 Å². The fourth-order valence-corrected chi connectivity index (χ4v) is 2.56. The quantitative estimate of drug-likeness (QED) is 0.751. The minimum absolute atomic E-state index is 0.236. The normalized spacial score (nSPS) is 11.2. The van der Waals surface area contributed by atoms with E-state index in [0.717, 1.165) is 11.3 Å². The van der Waals surface area contributed by atoms with E-state index in [1.54, 1.807) is 17.0 Å². The van der Waals surface area contributed by atoms with Crippen molar-refractivity contribution < 1.29 is 9.21 Å². The van der Waals surface area contributed by atoms with Gasteiger partial charge in [0.25, 0.3) is 0 Å². The van der Waals surface area contributed by atoms with Gasteiger partial charge in [0, 0.05) is 30.3 Å². The molecule has 0 aromatic carbocycles. The molecule has 0 saturated heterocycles. The molecule has 3 rings (SSSR count). The molecule has 0 spiro atoms. The number of carbonyl (C=O) groups is 1. The van der Waals surface area contributed by atoms with Crippen molar-refractivity contribution in [2.75, 3.05) is 5.32 Å². The molecule has 0 aliphatic carbocycles. The lowest BCUT2D eigenvalue weighted by atomic mass is 10.3. The van der Waals surface area contributed by atoms with Gasteiger partial charge in [-0.15, -0.1) is 11.3 Å². The fraction of sp³-hybridized carbons (Fsp3) is 0.133. The number of nitrogens with zero attached hydrogens (tertiary/aromatic N) is 3. The maximum Gasteiger partial charge on any atom is 0.250 e. The fourth-order valence-electron chi connectivity index (χ4n) is 1.86. The van der Waals surface area contributed by atoms with Gasteiger partial charge in [-0.05, 0) is 25.1 Å². The molecule has 0 aliphatic heterocycles. The third-order valence-electron chi connectivity index (χ3n) is 2.88. The molecule has 3 aromatic heterocycles. The third kappa shape index (κ3) is 3.32. The summed E-state index contributed by atoms with van der Waals surface area (Å²) in [4.78, 5) is 16.2. The van der Waals surface area contributed by atoms with Crippen LogP contribution in [0.5, 0.6) is 0 Å². The number of carbonyl (C=O) groups excluding carboxylic acids is 1.